The molecule has 0 radical (unpaired) electrons. The molecule has 0 bridgehead atoms. The molecule has 0 aliphatic carbocycles. The second-order valence-electron chi connectivity index (χ2n) is 4.45. The second kappa shape index (κ2) is 7.36. The van der Waals surface area contributed by atoms with Crippen molar-refractivity contribution in [3.05, 3.63) is 65.2 Å². The van der Waals surface area contributed by atoms with Crippen molar-refractivity contribution in [2.24, 2.45) is 0 Å². The van der Waals surface area contributed by atoms with Crippen LogP contribution in [0.5, 0.6) is 0 Å². The highest BCUT2D eigenvalue weighted by Gasteiger charge is 2.10. The minimum atomic E-state index is -0.0439. The predicted molar refractivity (Wildman–Crippen MR) is 85.2 cm³/mol. The molecule has 0 spiro atoms. The van der Waals surface area contributed by atoms with Crippen LogP contribution in [0.3, 0.4) is 0 Å². The van der Waals surface area contributed by atoms with E-state index in [0.717, 1.165) is 10.5 Å². The predicted octanol–water partition coefficient (Wildman–Crippen LogP) is 4.31. The SMILES string of the molecule is C[C@H](NC(=O)CSc1ccccc1)c1cccc(Cl)c1. The number of hydrogen-bond donors (Lipinski definition) is 1. The molecule has 0 saturated heterocycles. The van der Waals surface area contributed by atoms with E-state index in [-0.39, 0.29) is 11.9 Å². The quantitative estimate of drug-likeness (QED) is 0.834. The van der Waals surface area contributed by atoms with Crippen LogP contribution in [0.1, 0.15) is 18.5 Å². The van der Waals surface area contributed by atoms with Crippen LogP contribution in [0.15, 0.2) is 59.5 Å². The van der Waals surface area contributed by atoms with Crippen molar-refractivity contribution in [2.45, 2.75) is 17.9 Å². The van der Waals surface area contributed by atoms with Gasteiger partial charge in [0, 0.05) is 9.92 Å². The molecule has 0 aromatic heterocycles. The first kappa shape index (κ1) is 14.9. The number of nitrogens with one attached hydrogen (secondary N) is 1. The Morgan fingerprint density at radius 2 is 1.95 bits per heavy atom. The Morgan fingerprint density at radius 1 is 1.20 bits per heavy atom. The van der Waals surface area contributed by atoms with Crippen molar-refractivity contribution in [1.82, 2.24) is 5.32 Å². The van der Waals surface area contributed by atoms with Crippen molar-refractivity contribution in [3.63, 3.8) is 0 Å². The molecule has 1 atom stereocenters. The van der Waals surface area contributed by atoms with Gasteiger partial charge in [0.15, 0.2) is 0 Å². The molecule has 4 heteroatoms. The van der Waals surface area contributed by atoms with Crippen LogP contribution in [0.2, 0.25) is 5.02 Å². The van der Waals surface area contributed by atoms with Gasteiger partial charge in [-0.3, -0.25) is 4.79 Å². The summed E-state index contributed by atoms with van der Waals surface area (Å²) < 4.78 is 0. The molecule has 2 rings (SSSR count). The lowest BCUT2D eigenvalue weighted by atomic mass is 10.1. The zero-order chi connectivity index (χ0) is 14.4. The lowest BCUT2D eigenvalue weighted by Crippen LogP contribution is -2.28. The highest BCUT2D eigenvalue weighted by molar-refractivity contribution is 8.00. The van der Waals surface area contributed by atoms with Gasteiger partial charge in [-0.1, -0.05) is 41.9 Å². The van der Waals surface area contributed by atoms with E-state index in [9.17, 15) is 4.79 Å². The Hall–Kier alpha value is -1.45. The van der Waals surface area contributed by atoms with Gasteiger partial charge in [-0.2, -0.15) is 0 Å². The molecule has 2 nitrogen and oxygen atoms in total. The second-order valence-corrected chi connectivity index (χ2v) is 5.93. The van der Waals surface area contributed by atoms with E-state index in [2.05, 4.69) is 5.32 Å². The summed E-state index contributed by atoms with van der Waals surface area (Å²) in [6, 6.07) is 17.4. The monoisotopic (exact) mass is 305 g/mol. The topological polar surface area (TPSA) is 29.1 Å². The smallest absolute Gasteiger partial charge is 0.230 e. The van der Waals surface area contributed by atoms with Gasteiger partial charge in [0.25, 0.3) is 0 Å². The van der Waals surface area contributed by atoms with E-state index in [1.807, 2.05) is 61.5 Å². The average molecular weight is 306 g/mol. The lowest BCUT2D eigenvalue weighted by Gasteiger charge is -2.14. The van der Waals surface area contributed by atoms with Gasteiger partial charge < -0.3 is 5.32 Å². The lowest BCUT2D eigenvalue weighted by molar-refractivity contribution is -0.119. The molecule has 104 valence electrons. The fourth-order valence-corrected chi connectivity index (χ4v) is 2.74. The highest BCUT2D eigenvalue weighted by atomic mass is 35.5. The Labute approximate surface area is 128 Å². The molecule has 0 aliphatic rings. The summed E-state index contributed by atoms with van der Waals surface area (Å²) in [5.41, 5.74) is 1.01. The fourth-order valence-electron chi connectivity index (χ4n) is 1.81. The number of amides is 1. The largest absolute Gasteiger partial charge is 0.349 e. The fraction of sp³-hybridized carbons (Fsp3) is 0.188. The summed E-state index contributed by atoms with van der Waals surface area (Å²) in [4.78, 5) is 13.0. The summed E-state index contributed by atoms with van der Waals surface area (Å²) >= 11 is 7.48. The van der Waals surface area contributed by atoms with Crippen LogP contribution in [0.4, 0.5) is 0 Å². The van der Waals surface area contributed by atoms with E-state index in [1.165, 1.54) is 11.8 Å². The average Bonchev–Trinajstić information content (AvgIpc) is 2.46. The molecule has 0 fully saturated rings. The molecular formula is C16H16ClNOS. The summed E-state index contributed by atoms with van der Waals surface area (Å²) in [5.74, 6) is 0.431. The summed E-state index contributed by atoms with van der Waals surface area (Å²) in [5, 5.41) is 3.66. The van der Waals surface area contributed by atoms with E-state index in [1.54, 1.807) is 0 Å². The van der Waals surface area contributed by atoms with Crippen molar-refractivity contribution < 1.29 is 4.79 Å². The summed E-state index contributed by atoms with van der Waals surface area (Å²) in [6.45, 7) is 1.96. The third-order valence-corrected chi connectivity index (χ3v) is 4.09. The van der Waals surface area contributed by atoms with E-state index < -0.39 is 0 Å². The zero-order valence-electron chi connectivity index (χ0n) is 11.2. The molecule has 2 aromatic carbocycles. The van der Waals surface area contributed by atoms with Crippen molar-refractivity contribution in [2.75, 3.05) is 5.75 Å². The van der Waals surface area contributed by atoms with Gasteiger partial charge in [0.1, 0.15) is 0 Å². The third-order valence-electron chi connectivity index (χ3n) is 2.84. The van der Waals surface area contributed by atoms with Gasteiger partial charge in [-0.05, 0) is 36.8 Å². The first-order chi connectivity index (χ1) is 9.65. The van der Waals surface area contributed by atoms with Crippen LogP contribution in [0.25, 0.3) is 0 Å². The van der Waals surface area contributed by atoms with E-state index in [0.29, 0.717) is 10.8 Å². The molecule has 2 aromatic rings. The Kier molecular flexibility index (Phi) is 5.50. The van der Waals surface area contributed by atoms with Gasteiger partial charge >= 0.3 is 0 Å². The molecule has 1 amide bonds. The number of rotatable bonds is 5. The van der Waals surface area contributed by atoms with E-state index >= 15 is 0 Å². The van der Waals surface area contributed by atoms with Gasteiger partial charge in [0.05, 0.1) is 11.8 Å². The van der Waals surface area contributed by atoms with Crippen molar-refractivity contribution in [1.29, 1.82) is 0 Å². The number of benzene rings is 2. The first-order valence-electron chi connectivity index (χ1n) is 6.38. The number of hydrogen-bond acceptors (Lipinski definition) is 2. The normalized spacial score (nSPS) is 11.9. The molecule has 0 saturated carbocycles. The number of thioether (sulfide) groups is 1. The number of carbonyl (C=O) groups is 1. The Balaban J connectivity index is 1.85. The maximum Gasteiger partial charge on any atom is 0.230 e. The maximum atomic E-state index is 11.9. The van der Waals surface area contributed by atoms with Crippen LogP contribution in [0, 0.1) is 0 Å². The van der Waals surface area contributed by atoms with Gasteiger partial charge in [-0.15, -0.1) is 11.8 Å². The zero-order valence-corrected chi connectivity index (χ0v) is 12.7. The van der Waals surface area contributed by atoms with Crippen LogP contribution in [-0.2, 0) is 4.79 Å². The molecular weight excluding hydrogens is 290 g/mol. The molecule has 0 unspecified atom stereocenters. The number of carbonyl (C=O) groups excluding carboxylic acids is 1. The number of halogens is 1. The van der Waals surface area contributed by atoms with Crippen LogP contribution >= 0.6 is 23.4 Å². The first-order valence-corrected chi connectivity index (χ1v) is 7.74. The van der Waals surface area contributed by atoms with Crippen molar-refractivity contribution >= 4 is 29.3 Å². The van der Waals surface area contributed by atoms with Crippen molar-refractivity contribution in [3.8, 4) is 0 Å². The maximum absolute atomic E-state index is 11.9. The van der Waals surface area contributed by atoms with Gasteiger partial charge in [0.2, 0.25) is 5.91 Å². The molecule has 1 N–H and O–H groups in total. The standard InChI is InChI=1S/C16H16ClNOS/c1-12(13-6-5-7-14(17)10-13)18-16(19)11-20-15-8-3-2-4-9-15/h2-10,12H,11H2,1H3,(H,18,19)/t12-/m0/s1. The molecule has 20 heavy (non-hydrogen) atoms. The molecule has 0 heterocycles. The minimum absolute atomic E-state index is 0.0197. The minimum Gasteiger partial charge on any atom is -0.349 e. The van der Waals surface area contributed by atoms with Gasteiger partial charge in [-0.25, -0.2) is 0 Å². The Bertz CT molecular complexity index is 574. The molecule has 0 aliphatic heterocycles. The van der Waals surface area contributed by atoms with Crippen LogP contribution < -0.4 is 5.32 Å². The van der Waals surface area contributed by atoms with Crippen LogP contribution in [-0.4, -0.2) is 11.7 Å². The van der Waals surface area contributed by atoms with E-state index in [4.69, 9.17) is 11.6 Å². The third kappa shape index (κ3) is 4.58. The summed E-state index contributed by atoms with van der Waals surface area (Å²) in [6.07, 6.45) is 0. The Morgan fingerprint density at radius 3 is 2.65 bits per heavy atom. The highest BCUT2D eigenvalue weighted by Crippen LogP contribution is 2.19. The summed E-state index contributed by atoms with van der Waals surface area (Å²) in [7, 11) is 0.